The van der Waals surface area contributed by atoms with Crippen LogP contribution in [0.1, 0.15) is 10.5 Å². The Morgan fingerprint density at radius 1 is 1.21 bits per heavy atom. The molecule has 0 aliphatic heterocycles. The lowest BCUT2D eigenvalue weighted by Gasteiger charge is -2.06. The van der Waals surface area contributed by atoms with Crippen molar-refractivity contribution in [1.29, 1.82) is 0 Å². The quantitative estimate of drug-likeness (QED) is 0.665. The number of carboxylic acids is 1. The molecular weight excluding hydrogens is 272 g/mol. The molecule has 0 bridgehead atoms. The maximum absolute atomic E-state index is 13.3. The zero-order valence-electron chi connectivity index (χ0n) is 8.88. The number of nitrogens with one attached hydrogen (secondary N) is 1. The van der Waals surface area contributed by atoms with Crippen LogP contribution in [0, 0.1) is 23.3 Å². The third-order valence-electron chi connectivity index (χ3n) is 2.07. The Morgan fingerprint density at radius 3 is 2.26 bits per heavy atom. The van der Waals surface area contributed by atoms with E-state index in [-0.39, 0.29) is 6.07 Å². The third kappa shape index (κ3) is 2.34. The SMILES string of the molecule is O=C(O)c1coc(Nc2c(F)c(F)cc(F)c2F)n1. The Balaban J connectivity index is 2.40. The van der Waals surface area contributed by atoms with Gasteiger partial charge < -0.3 is 14.8 Å². The molecule has 1 heterocycles. The van der Waals surface area contributed by atoms with E-state index in [4.69, 9.17) is 5.11 Å². The lowest BCUT2D eigenvalue weighted by molar-refractivity contribution is 0.0690. The van der Waals surface area contributed by atoms with Crippen molar-refractivity contribution >= 4 is 17.7 Å². The summed E-state index contributed by atoms with van der Waals surface area (Å²) in [7, 11) is 0. The van der Waals surface area contributed by atoms with Gasteiger partial charge in [0.1, 0.15) is 12.0 Å². The van der Waals surface area contributed by atoms with Crippen molar-refractivity contribution in [2.24, 2.45) is 0 Å². The molecular formula is C10H4F4N2O3. The molecule has 2 rings (SSSR count). The summed E-state index contributed by atoms with van der Waals surface area (Å²) in [5, 5.41) is 10.4. The van der Waals surface area contributed by atoms with Gasteiger partial charge in [0, 0.05) is 6.07 Å². The summed E-state index contributed by atoms with van der Waals surface area (Å²) in [6.45, 7) is 0. The lowest BCUT2D eigenvalue weighted by Crippen LogP contribution is -2.03. The van der Waals surface area contributed by atoms with Crippen LogP contribution in [0.4, 0.5) is 29.3 Å². The van der Waals surface area contributed by atoms with Gasteiger partial charge >= 0.3 is 5.97 Å². The predicted molar refractivity (Wildman–Crippen MR) is 53.0 cm³/mol. The Bertz CT molecular complexity index is 630. The van der Waals surface area contributed by atoms with Crippen molar-refractivity contribution < 1.29 is 31.9 Å². The Hall–Kier alpha value is -2.58. The molecule has 0 fully saturated rings. The molecule has 0 unspecified atom stereocenters. The molecule has 0 aliphatic rings. The van der Waals surface area contributed by atoms with Gasteiger partial charge in [0.15, 0.2) is 29.0 Å². The van der Waals surface area contributed by atoms with Crippen LogP contribution in [0.3, 0.4) is 0 Å². The lowest BCUT2D eigenvalue weighted by atomic mass is 10.2. The number of carbonyl (C=O) groups is 1. The van der Waals surface area contributed by atoms with E-state index in [9.17, 15) is 22.4 Å². The zero-order chi connectivity index (χ0) is 14.2. The van der Waals surface area contributed by atoms with Gasteiger partial charge in [-0.3, -0.25) is 0 Å². The molecule has 100 valence electrons. The fourth-order valence-corrected chi connectivity index (χ4v) is 1.22. The fraction of sp³-hybridized carbons (Fsp3) is 0. The first-order valence-corrected chi connectivity index (χ1v) is 4.69. The smallest absolute Gasteiger partial charge is 0.357 e. The number of benzene rings is 1. The summed E-state index contributed by atoms with van der Waals surface area (Å²) in [5.74, 6) is -8.05. The van der Waals surface area contributed by atoms with E-state index in [2.05, 4.69) is 9.40 Å². The second-order valence-electron chi connectivity index (χ2n) is 3.31. The van der Waals surface area contributed by atoms with Crippen molar-refractivity contribution in [1.82, 2.24) is 4.98 Å². The van der Waals surface area contributed by atoms with Crippen LogP contribution >= 0.6 is 0 Å². The second-order valence-corrected chi connectivity index (χ2v) is 3.31. The monoisotopic (exact) mass is 276 g/mol. The van der Waals surface area contributed by atoms with E-state index in [0.29, 0.717) is 6.26 Å². The van der Waals surface area contributed by atoms with Crippen molar-refractivity contribution in [3.63, 3.8) is 0 Å². The maximum Gasteiger partial charge on any atom is 0.357 e. The molecule has 2 aromatic rings. The highest BCUT2D eigenvalue weighted by Crippen LogP contribution is 2.27. The van der Waals surface area contributed by atoms with Gasteiger partial charge in [-0.05, 0) is 0 Å². The highest BCUT2D eigenvalue weighted by Gasteiger charge is 2.21. The molecule has 19 heavy (non-hydrogen) atoms. The summed E-state index contributed by atoms with van der Waals surface area (Å²) in [5.41, 5.74) is -1.71. The molecule has 2 N–H and O–H groups in total. The summed E-state index contributed by atoms with van der Waals surface area (Å²) in [6, 6.07) is -0.589. The summed E-state index contributed by atoms with van der Waals surface area (Å²) in [4.78, 5) is 13.8. The van der Waals surface area contributed by atoms with Crippen LogP contribution in [0.5, 0.6) is 0 Å². The van der Waals surface area contributed by atoms with Crippen LogP contribution < -0.4 is 5.32 Å². The third-order valence-corrected chi connectivity index (χ3v) is 2.07. The first-order chi connectivity index (χ1) is 8.90. The van der Waals surface area contributed by atoms with Gasteiger partial charge in [0.25, 0.3) is 6.01 Å². The molecule has 0 saturated heterocycles. The van der Waals surface area contributed by atoms with E-state index < -0.39 is 46.6 Å². The highest BCUT2D eigenvalue weighted by atomic mass is 19.2. The number of oxazole rings is 1. The number of nitrogens with zero attached hydrogens (tertiary/aromatic N) is 1. The minimum atomic E-state index is -1.69. The van der Waals surface area contributed by atoms with Crippen molar-refractivity contribution in [3.8, 4) is 0 Å². The van der Waals surface area contributed by atoms with Gasteiger partial charge in [-0.2, -0.15) is 4.98 Å². The molecule has 0 radical (unpaired) electrons. The molecule has 0 spiro atoms. The van der Waals surface area contributed by atoms with Crippen LogP contribution in [0.25, 0.3) is 0 Å². The average Bonchev–Trinajstić information content (AvgIpc) is 2.81. The minimum absolute atomic E-state index is 0.0358. The number of carboxylic acid groups (broad SMARTS) is 1. The van der Waals surface area contributed by atoms with E-state index in [1.54, 1.807) is 0 Å². The Labute approximate surface area is 102 Å². The van der Waals surface area contributed by atoms with E-state index in [0.717, 1.165) is 0 Å². The molecule has 0 saturated carbocycles. The molecule has 9 heteroatoms. The molecule has 1 aromatic heterocycles. The summed E-state index contributed by atoms with van der Waals surface area (Å²) < 4.78 is 56.8. The number of anilines is 2. The Morgan fingerprint density at radius 2 is 1.79 bits per heavy atom. The predicted octanol–water partition coefficient (Wildman–Crippen LogP) is 2.67. The number of rotatable bonds is 3. The number of aromatic nitrogens is 1. The summed E-state index contributed by atoms with van der Waals surface area (Å²) in [6.07, 6.45) is 0.691. The van der Waals surface area contributed by atoms with Gasteiger partial charge in [-0.25, -0.2) is 22.4 Å². The molecule has 0 atom stereocenters. The number of hydrogen-bond donors (Lipinski definition) is 2. The molecule has 0 amide bonds. The van der Waals surface area contributed by atoms with E-state index >= 15 is 0 Å². The number of halogens is 4. The minimum Gasteiger partial charge on any atom is -0.476 e. The Kier molecular flexibility index (Phi) is 3.11. The van der Waals surface area contributed by atoms with Crippen molar-refractivity contribution in [2.75, 3.05) is 5.32 Å². The first kappa shape index (κ1) is 12.9. The molecule has 5 nitrogen and oxygen atoms in total. The topological polar surface area (TPSA) is 75.4 Å². The van der Waals surface area contributed by atoms with Crippen LogP contribution in [-0.4, -0.2) is 16.1 Å². The average molecular weight is 276 g/mol. The van der Waals surface area contributed by atoms with Gasteiger partial charge in [0.05, 0.1) is 0 Å². The zero-order valence-corrected chi connectivity index (χ0v) is 8.88. The first-order valence-electron chi connectivity index (χ1n) is 4.69. The molecule has 1 aromatic carbocycles. The molecule has 0 aliphatic carbocycles. The van der Waals surface area contributed by atoms with Gasteiger partial charge in [-0.1, -0.05) is 0 Å². The largest absolute Gasteiger partial charge is 0.476 e. The number of hydrogen-bond acceptors (Lipinski definition) is 4. The van der Waals surface area contributed by atoms with Crippen LogP contribution in [0.15, 0.2) is 16.7 Å². The van der Waals surface area contributed by atoms with Crippen molar-refractivity contribution in [3.05, 3.63) is 41.3 Å². The number of aromatic carboxylic acids is 1. The highest BCUT2D eigenvalue weighted by molar-refractivity contribution is 5.85. The summed E-state index contributed by atoms with van der Waals surface area (Å²) >= 11 is 0. The normalized spacial score (nSPS) is 10.5. The van der Waals surface area contributed by atoms with Gasteiger partial charge in [0.2, 0.25) is 0 Å². The van der Waals surface area contributed by atoms with Gasteiger partial charge in [-0.15, -0.1) is 0 Å². The van der Waals surface area contributed by atoms with Crippen molar-refractivity contribution in [2.45, 2.75) is 0 Å². The fourth-order valence-electron chi connectivity index (χ4n) is 1.22. The van der Waals surface area contributed by atoms with E-state index in [1.165, 1.54) is 0 Å². The standard InChI is InChI=1S/C10H4F4N2O3/c11-3-1-4(12)7(14)8(6(3)13)16-10-15-5(2-19-10)9(17)18/h1-2H,(H,15,16)(H,17,18). The van der Waals surface area contributed by atoms with E-state index in [1.807, 2.05) is 5.32 Å². The van der Waals surface area contributed by atoms with Crippen LogP contribution in [-0.2, 0) is 0 Å². The second kappa shape index (κ2) is 4.59. The maximum atomic E-state index is 13.3. The van der Waals surface area contributed by atoms with Crippen LogP contribution in [0.2, 0.25) is 0 Å².